The van der Waals surface area contributed by atoms with Crippen molar-refractivity contribution < 1.29 is 4.79 Å². The van der Waals surface area contributed by atoms with Crippen molar-refractivity contribution in [3.8, 4) is 0 Å². The first-order chi connectivity index (χ1) is 2.64. The van der Waals surface area contributed by atoms with Gasteiger partial charge in [0.15, 0.2) is 0 Å². The fourth-order valence-electron chi connectivity index (χ4n) is 0. The maximum atomic E-state index is 9.80. The van der Waals surface area contributed by atoms with Crippen LogP contribution in [0.15, 0.2) is 0 Å². The average Bonchev–Trinajstić information content (AvgIpc) is 1.36. The molecule has 0 aliphatic heterocycles. The van der Waals surface area contributed by atoms with Crippen LogP contribution in [0.4, 0.5) is 0 Å². The minimum atomic E-state index is -0.509. The molecule has 38 valence electrons. The van der Waals surface area contributed by atoms with Crippen LogP contribution in [0.5, 0.6) is 0 Å². The summed E-state index contributed by atoms with van der Waals surface area (Å²) in [6, 6.07) is -0.509. The zero-order valence-electron chi connectivity index (χ0n) is 3.64. The number of carbonyl (C=O) groups is 1. The van der Waals surface area contributed by atoms with Gasteiger partial charge in [-0.3, -0.25) is 4.79 Å². The van der Waals surface area contributed by atoms with Crippen molar-refractivity contribution in [2.45, 2.75) is 13.0 Å². The molecule has 0 saturated heterocycles. The Morgan fingerprint density at radius 1 is 1.71 bits per heavy atom. The van der Waals surface area contributed by atoms with Gasteiger partial charge in [0.2, 0.25) is 5.91 Å². The summed E-state index contributed by atoms with van der Waals surface area (Å²) in [5.41, 5.74) is 9.63. The predicted octanol–water partition coefficient (Wildman–Crippen LogP) is -1.83. The van der Waals surface area contributed by atoms with Gasteiger partial charge in [0, 0.05) is 0 Å². The van der Waals surface area contributed by atoms with Gasteiger partial charge in [-0.25, -0.2) is 0 Å². The average molecular weight is 128 g/mol. The van der Waals surface area contributed by atoms with Crippen LogP contribution in [0, 0.1) is 0 Å². The van der Waals surface area contributed by atoms with Gasteiger partial charge in [0.25, 0.3) is 0 Å². The van der Waals surface area contributed by atoms with Crippen molar-refractivity contribution in [2.24, 2.45) is 11.5 Å². The fraction of sp³-hybridized carbons (Fsp3) is 0.667. The molecule has 0 heterocycles. The summed E-state index contributed by atoms with van der Waals surface area (Å²) >= 11 is 0. The SMILES string of the molecule is CC(N)C(N)=O.[KH]. The Morgan fingerprint density at radius 3 is 1.86 bits per heavy atom. The van der Waals surface area contributed by atoms with E-state index in [2.05, 4.69) is 5.73 Å². The maximum absolute atomic E-state index is 9.80. The summed E-state index contributed by atoms with van der Waals surface area (Å²) in [5, 5.41) is 0. The summed E-state index contributed by atoms with van der Waals surface area (Å²) < 4.78 is 0. The van der Waals surface area contributed by atoms with E-state index in [0.717, 1.165) is 0 Å². The van der Waals surface area contributed by atoms with Gasteiger partial charge in [-0.1, -0.05) is 0 Å². The summed E-state index contributed by atoms with van der Waals surface area (Å²) in [5.74, 6) is -0.463. The molecular weight excluding hydrogens is 119 g/mol. The van der Waals surface area contributed by atoms with Crippen LogP contribution in [0.2, 0.25) is 0 Å². The number of primary amides is 1. The van der Waals surface area contributed by atoms with Crippen LogP contribution in [0.3, 0.4) is 0 Å². The third-order valence-electron chi connectivity index (χ3n) is 0.449. The molecule has 1 atom stereocenters. The molecule has 0 aromatic carbocycles. The molecule has 0 saturated carbocycles. The molecule has 1 unspecified atom stereocenters. The van der Waals surface area contributed by atoms with Crippen molar-refractivity contribution in [1.29, 1.82) is 0 Å². The second-order valence-electron chi connectivity index (χ2n) is 1.19. The van der Waals surface area contributed by atoms with E-state index >= 15 is 0 Å². The number of amides is 1. The molecule has 0 rings (SSSR count). The monoisotopic (exact) mass is 128 g/mol. The number of nitrogens with two attached hydrogens (primary N) is 2. The Kier molecular flexibility index (Phi) is 8.14. The quantitative estimate of drug-likeness (QED) is 0.408. The first-order valence-corrected chi connectivity index (χ1v) is 1.69. The van der Waals surface area contributed by atoms with Crippen molar-refractivity contribution in [3.63, 3.8) is 0 Å². The van der Waals surface area contributed by atoms with Crippen molar-refractivity contribution in [2.75, 3.05) is 0 Å². The van der Waals surface area contributed by atoms with Crippen molar-refractivity contribution in [1.82, 2.24) is 0 Å². The van der Waals surface area contributed by atoms with Gasteiger partial charge in [-0.2, -0.15) is 0 Å². The van der Waals surface area contributed by atoms with E-state index in [1.54, 1.807) is 6.92 Å². The molecule has 0 aliphatic carbocycles. The summed E-state index contributed by atoms with van der Waals surface area (Å²) in [6.45, 7) is 1.54. The summed E-state index contributed by atoms with van der Waals surface area (Å²) in [7, 11) is 0. The number of rotatable bonds is 1. The van der Waals surface area contributed by atoms with Crippen LogP contribution in [0.25, 0.3) is 0 Å². The number of hydrogen-bond donors (Lipinski definition) is 2. The summed E-state index contributed by atoms with van der Waals surface area (Å²) in [4.78, 5) is 9.80. The Labute approximate surface area is 85.2 Å². The van der Waals surface area contributed by atoms with Gasteiger partial charge in [-0.05, 0) is 6.92 Å². The first-order valence-electron chi connectivity index (χ1n) is 1.69. The molecule has 1 amide bonds. The van der Waals surface area contributed by atoms with Gasteiger partial charge in [0.05, 0.1) is 6.04 Å². The molecule has 0 aromatic rings. The fourth-order valence-corrected chi connectivity index (χ4v) is 0. The van der Waals surface area contributed by atoms with Crippen LogP contribution >= 0.6 is 0 Å². The molecule has 4 N–H and O–H groups in total. The van der Waals surface area contributed by atoms with Crippen molar-refractivity contribution in [3.05, 3.63) is 0 Å². The van der Waals surface area contributed by atoms with Gasteiger partial charge < -0.3 is 11.5 Å². The second-order valence-corrected chi connectivity index (χ2v) is 1.19. The van der Waals surface area contributed by atoms with E-state index in [1.165, 1.54) is 0 Å². The topological polar surface area (TPSA) is 69.1 Å². The van der Waals surface area contributed by atoms with Gasteiger partial charge in [0.1, 0.15) is 0 Å². The Balaban J connectivity index is 0. The molecule has 4 heteroatoms. The van der Waals surface area contributed by atoms with E-state index in [-0.39, 0.29) is 51.4 Å². The number of carbonyl (C=O) groups excluding carboxylic acids is 1. The standard InChI is InChI=1S/C3H8N2O.K.H/c1-2(4)3(5)6;;/h2H,4H2,1H3,(H2,5,6);;. The van der Waals surface area contributed by atoms with Gasteiger partial charge in [-0.15, -0.1) is 0 Å². The minimum absolute atomic E-state index is 0. The molecule has 0 aromatic heterocycles. The van der Waals surface area contributed by atoms with Crippen molar-refractivity contribution >= 4 is 57.3 Å². The Bertz CT molecular complexity index is 64.0. The number of hydrogen-bond acceptors (Lipinski definition) is 2. The van der Waals surface area contributed by atoms with Crippen LogP contribution in [-0.4, -0.2) is 63.3 Å². The zero-order valence-corrected chi connectivity index (χ0v) is 3.64. The van der Waals surface area contributed by atoms with Crippen LogP contribution < -0.4 is 11.5 Å². The zero-order chi connectivity index (χ0) is 5.15. The Hall–Kier alpha value is 1.07. The first kappa shape index (κ1) is 10.9. The van der Waals surface area contributed by atoms with E-state index in [1.807, 2.05) is 0 Å². The third kappa shape index (κ3) is 7.07. The molecule has 3 nitrogen and oxygen atoms in total. The van der Waals surface area contributed by atoms with Crippen LogP contribution in [0.1, 0.15) is 6.92 Å². The molecule has 0 fully saturated rings. The molecular formula is C3H9KN2O. The molecule has 7 heavy (non-hydrogen) atoms. The van der Waals surface area contributed by atoms with E-state index in [9.17, 15) is 4.79 Å². The van der Waals surface area contributed by atoms with E-state index in [0.29, 0.717) is 0 Å². The molecule has 0 radical (unpaired) electrons. The van der Waals surface area contributed by atoms with E-state index < -0.39 is 11.9 Å². The molecule has 0 bridgehead atoms. The summed E-state index contributed by atoms with van der Waals surface area (Å²) in [6.07, 6.45) is 0. The third-order valence-corrected chi connectivity index (χ3v) is 0.449. The molecule has 0 aliphatic rings. The second kappa shape index (κ2) is 5.21. The van der Waals surface area contributed by atoms with Crippen LogP contribution in [-0.2, 0) is 4.79 Å². The van der Waals surface area contributed by atoms with Gasteiger partial charge >= 0.3 is 51.4 Å². The Morgan fingerprint density at radius 2 is 1.86 bits per heavy atom. The normalized spacial score (nSPS) is 11.7. The molecule has 0 spiro atoms. The van der Waals surface area contributed by atoms with E-state index in [4.69, 9.17) is 5.73 Å². The predicted molar refractivity (Wildman–Crippen MR) is 30.0 cm³/mol.